The van der Waals surface area contributed by atoms with Crippen LogP contribution in [-0.2, 0) is 16.0 Å². The molecule has 0 bridgehead atoms. The quantitative estimate of drug-likeness (QED) is 0.658. The lowest BCUT2D eigenvalue weighted by Gasteiger charge is -2.38. The van der Waals surface area contributed by atoms with Crippen LogP contribution in [0.5, 0.6) is 0 Å². The molecule has 3 N–H and O–H groups in total. The number of aromatic nitrogens is 2. The predicted octanol–water partition coefficient (Wildman–Crippen LogP) is -0.0264. The second-order valence-electron chi connectivity index (χ2n) is 7.98. The molecule has 1 aliphatic heterocycles. The standard InChI is InChI=1S/C18H29N5O3/c1-12-9-16(25)22-14(21-12)5-6-19-15(24)10-13-17(26)20-7-8-23(13)11-18(2,3)4/h9,13H,5-8,10-11H2,1-4H3,(H,19,24)(H,20,26)(H,21,22,25)/t13-/m1/s1. The number of H-pyrrole nitrogens is 1. The molecule has 2 amide bonds. The van der Waals surface area contributed by atoms with Crippen LogP contribution >= 0.6 is 0 Å². The van der Waals surface area contributed by atoms with E-state index in [0.29, 0.717) is 31.0 Å². The molecular weight excluding hydrogens is 334 g/mol. The molecule has 8 nitrogen and oxygen atoms in total. The highest BCUT2D eigenvalue weighted by Crippen LogP contribution is 2.19. The Morgan fingerprint density at radius 2 is 2.12 bits per heavy atom. The van der Waals surface area contributed by atoms with Crippen LogP contribution in [0.1, 0.15) is 38.7 Å². The summed E-state index contributed by atoms with van der Waals surface area (Å²) in [4.78, 5) is 44.9. The van der Waals surface area contributed by atoms with E-state index in [1.165, 1.54) is 6.07 Å². The molecule has 0 unspecified atom stereocenters. The molecule has 144 valence electrons. The van der Waals surface area contributed by atoms with Gasteiger partial charge in [0.05, 0.1) is 12.5 Å². The normalized spacial score (nSPS) is 18.5. The fourth-order valence-corrected chi connectivity index (χ4v) is 3.11. The number of nitrogens with one attached hydrogen (secondary N) is 3. The van der Waals surface area contributed by atoms with Crippen molar-refractivity contribution >= 4 is 11.8 Å². The highest BCUT2D eigenvalue weighted by atomic mass is 16.2. The highest BCUT2D eigenvalue weighted by Gasteiger charge is 2.33. The lowest BCUT2D eigenvalue weighted by atomic mass is 9.94. The van der Waals surface area contributed by atoms with Gasteiger partial charge in [-0.25, -0.2) is 4.98 Å². The second kappa shape index (κ2) is 8.44. The molecule has 1 saturated heterocycles. The van der Waals surface area contributed by atoms with Crippen LogP contribution in [0.15, 0.2) is 10.9 Å². The van der Waals surface area contributed by atoms with Gasteiger partial charge in [-0.1, -0.05) is 20.8 Å². The smallest absolute Gasteiger partial charge is 0.251 e. The SMILES string of the molecule is Cc1cc(=O)[nH]c(CCNC(=O)C[C@@H]2C(=O)NCCN2CC(C)(C)C)n1. The molecule has 0 aliphatic carbocycles. The summed E-state index contributed by atoms with van der Waals surface area (Å²) in [5.41, 5.74) is 0.497. The average molecular weight is 363 g/mol. The van der Waals surface area contributed by atoms with Crippen molar-refractivity contribution < 1.29 is 9.59 Å². The number of aromatic amines is 1. The summed E-state index contributed by atoms with van der Waals surface area (Å²) in [6.07, 6.45) is 0.560. The van der Waals surface area contributed by atoms with E-state index in [4.69, 9.17) is 0 Å². The third-order valence-corrected chi connectivity index (χ3v) is 4.10. The number of hydrogen-bond acceptors (Lipinski definition) is 5. The summed E-state index contributed by atoms with van der Waals surface area (Å²) in [6.45, 7) is 10.6. The van der Waals surface area contributed by atoms with E-state index in [0.717, 1.165) is 13.1 Å². The fourth-order valence-electron chi connectivity index (χ4n) is 3.11. The predicted molar refractivity (Wildman–Crippen MR) is 98.8 cm³/mol. The summed E-state index contributed by atoms with van der Waals surface area (Å²) in [6, 6.07) is 0.980. The van der Waals surface area contributed by atoms with Crippen LogP contribution in [0.3, 0.4) is 0 Å². The Balaban J connectivity index is 1.88. The Bertz CT molecular complexity index is 708. The first-order valence-corrected chi connectivity index (χ1v) is 8.99. The first-order valence-electron chi connectivity index (χ1n) is 8.99. The maximum absolute atomic E-state index is 12.3. The van der Waals surface area contributed by atoms with Gasteiger partial charge in [0.15, 0.2) is 0 Å². The Kier molecular flexibility index (Phi) is 6.52. The van der Waals surface area contributed by atoms with Crippen LogP contribution < -0.4 is 16.2 Å². The largest absolute Gasteiger partial charge is 0.356 e. The van der Waals surface area contributed by atoms with E-state index in [2.05, 4.69) is 46.3 Å². The molecule has 0 saturated carbocycles. The highest BCUT2D eigenvalue weighted by molar-refractivity contribution is 5.88. The Morgan fingerprint density at radius 1 is 1.38 bits per heavy atom. The number of rotatable bonds is 6. The van der Waals surface area contributed by atoms with Crippen LogP contribution in [0, 0.1) is 12.3 Å². The van der Waals surface area contributed by atoms with Gasteiger partial charge in [0, 0.05) is 44.4 Å². The van der Waals surface area contributed by atoms with Crippen LogP contribution in [0.2, 0.25) is 0 Å². The van der Waals surface area contributed by atoms with Gasteiger partial charge >= 0.3 is 0 Å². The maximum atomic E-state index is 12.3. The van der Waals surface area contributed by atoms with E-state index in [1.807, 2.05) is 0 Å². The van der Waals surface area contributed by atoms with Gasteiger partial charge in [-0.15, -0.1) is 0 Å². The van der Waals surface area contributed by atoms with Crippen molar-refractivity contribution in [3.8, 4) is 0 Å². The van der Waals surface area contributed by atoms with E-state index in [1.54, 1.807) is 6.92 Å². The van der Waals surface area contributed by atoms with Gasteiger partial charge in [0.1, 0.15) is 5.82 Å². The van der Waals surface area contributed by atoms with Gasteiger partial charge < -0.3 is 15.6 Å². The van der Waals surface area contributed by atoms with Crippen molar-refractivity contribution in [1.82, 2.24) is 25.5 Å². The van der Waals surface area contributed by atoms with Crippen molar-refractivity contribution in [2.75, 3.05) is 26.2 Å². The minimum absolute atomic E-state index is 0.0507. The molecule has 2 heterocycles. The topological polar surface area (TPSA) is 107 Å². The molecule has 1 aromatic rings. The Labute approximate surface area is 153 Å². The Morgan fingerprint density at radius 3 is 2.77 bits per heavy atom. The maximum Gasteiger partial charge on any atom is 0.251 e. The average Bonchev–Trinajstić information content (AvgIpc) is 2.48. The zero-order chi connectivity index (χ0) is 19.3. The molecule has 26 heavy (non-hydrogen) atoms. The molecule has 1 atom stereocenters. The van der Waals surface area contributed by atoms with Crippen molar-refractivity contribution in [2.45, 2.75) is 46.6 Å². The lowest BCUT2D eigenvalue weighted by Crippen LogP contribution is -2.58. The minimum Gasteiger partial charge on any atom is -0.356 e. The number of carbonyl (C=O) groups excluding carboxylic acids is 2. The molecule has 0 radical (unpaired) electrons. The molecular formula is C18H29N5O3. The number of piperazine rings is 1. The number of carbonyl (C=O) groups is 2. The zero-order valence-electron chi connectivity index (χ0n) is 16.0. The van der Waals surface area contributed by atoms with Crippen LogP contribution in [-0.4, -0.2) is 58.9 Å². The van der Waals surface area contributed by atoms with Gasteiger partial charge in [0.2, 0.25) is 11.8 Å². The first kappa shape index (κ1) is 20.1. The number of nitrogens with zero attached hydrogens (tertiary/aromatic N) is 2. The molecule has 2 rings (SSSR count). The summed E-state index contributed by atoms with van der Waals surface area (Å²) in [5, 5.41) is 5.65. The molecule has 0 spiro atoms. The zero-order valence-corrected chi connectivity index (χ0v) is 16.0. The van der Waals surface area contributed by atoms with Gasteiger partial charge in [-0.05, 0) is 12.3 Å². The number of aryl methyl sites for hydroxylation is 1. The molecule has 8 heteroatoms. The number of hydrogen-bond donors (Lipinski definition) is 3. The summed E-state index contributed by atoms with van der Waals surface area (Å²) in [5.74, 6) is 0.265. The first-order chi connectivity index (χ1) is 12.1. The summed E-state index contributed by atoms with van der Waals surface area (Å²) in [7, 11) is 0. The van der Waals surface area contributed by atoms with Crippen molar-refractivity contribution in [3.05, 3.63) is 27.9 Å². The van der Waals surface area contributed by atoms with Crippen molar-refractivity contribution in [1.29, 1.82) is 0 Å². The van der Waals surface area contributed by atoms with Crippen LogP contribution in [0.25, 0.3) is 0 Å². The molecule has 1 fully saturated rings. The lowest BCUT2D eigenvalue weighted by molar-refractivity contribution is -0.134. The molecule has 1 aromatic heterocycles. The van der Waals surface area contributed by atoms with Gasteiger partial charge in [-0.2, -0.15) is 0 Å². The van der Waals surface area contributed by atoms with E-state index in [9.17, 15) is 14.4 Å². The monoisotopic (exact) mass is 363 g/mol. The fraction of sp³-hybridized carbons (Fsp3) is 0.667. The molecule has 1 aliphatic rings. The second-order valence-corrected chi connectivity index (χ2v) is 7.98. The summed E-state index contributed by atoms with van der Waals surface area (Å²) >= 11 is 0. The number of amides is 2. The van der Waals surface area contributed by atoms with Gasteiger partial charge in [0.25, 0.3) is 5.56 Å². The van der Waals surface area contributed by atoms with E-state index < -0.39 is 6.04 Å². The van der Waals surface area contributed by atoms with Gasteiger partial charge in [-0.3, -0.25) is 19.3 Å². The van der Waals surface area contributed by atoms with Crippen molar-refractivity contribution in [2.24, 2.45) is 5.41 Å². The third kappa shape index (κ3) is 6.25. The third-order valence-electron chi connectivity index (χ3n) is 4.10. The van der Waals surface area contributed by atoms with Crippen LogP contribution in [0.4, 0.5) is 0 Å². The molecule has 0 aromatic carbocycles. The summed E-state index contributed by atoms with van der Waals surface area (Å²) < 4.78 is 0. The Hall–Kier alpha value is -2.22. The minimum atomic E-state index is -0.445. The van der Waals surface area contributed by atoms with Crippen molar-refractivity contribution in [3.63, 3.8) is 0 Å². The van der Waals surface area contributed by atoms with E-state index in [-0.39, 0.29) is 29.2 Å². The van der Waals surface area contributed by atoms with E-state index >= 15 is 0 Å².